The van der Waals surface area contributed by atoms with Gasteiger partial charge in [0.25, 0.3) is 0 Å². The summed E-state index contributed by atoms with van der Waals surface area (Å²) in [6, 6.07) is 10.4. The summed E-state index contributed by atoms with van der Waals surface area (Å²) in [4.78, 5) is 27.3. The molecule has 150 valence electrons. The number of hydrogen-bond donors (Lipinski definition) is 2. The number of carbonyl (C=O) groups is 2. The Balaban J connectivity index is 2.06. The summed E-state index contributed by atoms with van der Waals surface area (Å²) in [6.45, 7) is 8.79. The molecule has 28 heavy (non-hydrogen) atoms. The fourth-order valence-corrected chi connectivity index (χ4v) is 2.60. The molecular weight excluding hydrogens is 364 g/mol. The van der Waals surface area contributed by atoms with E-state index in [4.69, 9.17) is 0 Å². The molecule has 0 unspecified atom stereocenters. The van der Waals surface area contributed by atoms with Crippen LogP contribution in [0.4, 0.5) is 25.8 Å². The highest BCUT2D eigenvalue weighted by Crippen LogP contribution is 2.24. The molecule has 5 nitrogen and oxygen atoms in total. The van der Waals surface area contributed by atoms with Crippen LogP contribution in [0, 0.1) is 17.0 Å². The SMILES string of the molecule is CCN(CC)c1ccc(NC(=O)C(C)(C)C(=O)Nc2ccc(F)c(F)c2)cc1. The third-order valence-corrected chi connectivity index (χ3v) is 4.57. The Bertz CT molecular complexity index is 847. The van der Waals surface area contributed by atoms with Gasteiger partial charge in [0.1, 0.15) is 5.41 Å². The van der Waals surface area contributed by atoms with Crippen LogP contribution in [0.5, 0.6) is 0 Å². The molecule has 0 fully saturated rings. The van der Waals surface area contributed by atoms with Crippen LogP contribution in [-0.4, -0.2) is 24.9 Å². The minimum atomic E-state index is -1.43. The molecule has 0 spiro atoms. The summed E-state index contributed by atoms with van der Waals surface area (Å²) < 4.78 is 26.3. The molecule has 0 saturated heterocycles. The lowest BCUT2D eigenvalue weighted by molar-refractivity contribution is -0.135. The highest BCUT2D eigenvalue weighted by Gasteiger charge is 2.36. The van der Waals surface area contributed by atoms with Gasteiger partial charge in [-0.05, 0) is 64.1 Å². The van der Waals surface area contributed by atoms with Crippen LogP contribution in [0.2, 0.25) is 0 Å². The summed E-state index contributed by atoms with van der Waals surface area (Å²) in [6.07, 6.45) is 0. The first-order valence-electron chi connectivity index (χ1n) is 9.12. The number of amides is 2. The topological polar surface area (TPSA) is 61.4 Å². The third-order valence-electron chi connectivity index (χ3n) is 4.57. The normalized spacial score (nSPS) is 11.1. The molecule has 2 rings (SSSR count). The molecule has 2 N–H and O–H groups in total. The molecule has 0 saturated carbocycles. The van der Waals surface area contributed by atoms with E-state index in [0.717, 1.165) is 30.9 Å². The Hall–Kier alpha value is -2.96. The van der Waals surface area contributed by atoms with Crippen molar-refractivity contribution in [3.63, 3.8) is 0 Å². The Labute approximate surface area is 163 Å². The van der Waals surface area contributed by atoms with Crippen LogP contribution in [-0.2, 0) is 9.59 Å². The van der Waals surface area contributed by atoms with E-state index in [9.17, 15) is 18.4 Å². The first-order chi connectivity index (χ1) is 13.2. The fraction of sp³-hybridized carbons (Fsp3) is 0.333. The van der Waals surface area contributed by atoms with E-state index < -0.39 is 28.9 Å². The highest BCUT2D eigenvalue weighted by atomic mass is 19.2. The van der Waals surface area contributed by atoms with E-state index in [0.29, 0.717) is 5.69 Å². The Morgan fingerprint density at radius 2 is 1.36 bits per heavy atom. The monoisotopic (exact) mass is 389 g/mol. The maximum atomic E-state index is 13.3. The van der Waals surface area contributed by atoms with Crippen molar-refractivity contribution in [2.24, 2.45) is 5.41 Å². The molecule has 7 heteroatoms. The first kappa shape index (κ1) is 21.3. The van der Waals surface area contributed by atoms with Gasteiger partial charge in [0.05, 0.1) is 0 Å². The number of anilines is 3. The van der Waals surface area contributed by atoms with E-state index in [2.05, 4.69) is 29.4 Å². The van der Waals surface area contributed by atoms with Crippen LogP contribution < -0.4 is 15.5 Å². The summed E-state index contributed by atoms with van der Waals surface area (Å²) >= 11 is 0. The maximum Gasteiger partial charge on any atom is 0.239 e. The number of halogens is 2. The molecule has 2 aromatic carbocycles. The first-order valence-corrected chi connectivity index (χ1v) is 9.12. The molecule has 2 aromatic rings. The summed E-state index contributed by atoms with van der Waals surface area (Å²) in [5.74, 6) is -3.23. The Morgan fingerprint density at radius 3 is 1.86 bits per heavy atom. The molecule has 0 aliphatic heterocycles. The minimum Gasteiger partial charge on any atom is -0.372 e. The number of nitrogens with one attached hydrogen (secondary N) is 2. The van der Waals surface area contributed by atoms with Crippen molar-refractivity contribution < 1.29 is 18.4 Å². The van der Waals surface area contributed by atoms with Crippen LogP contribution in [0.25, 0.3) is 0 Å². The van der Waals surface area contributed by atoms with Gasteiger partial charge >= 0.3 is 0 Å². The van der Waals surface area contributed by atoms with Crippen molar-refractivity contribution in [1.82, 2.24) is 0 Å². The molecular formula is C21H25F2N3O2. The molecule has 0 atom stereocenters. The van der Waals surface area contributed by atoms with Crippen molar-refractivity contribution in [3.05, 3.63) is 54.1 Å². The summed E-state index contributed by atoms with van der Waals surface area (Å²) in [5, 5.41) is 5.16. The summed E-state index contributed by atoms with van der Waals surface area (Å²) in [5.41, 5.74) is 0.254. The zero-order valence-electron chi connectivity index (χ0n) is 16.5. The standard InChI is InChI=1S/C21H25F2N3O2/c1-5-26(6-2)16-10-7-14(8-11-16)24-19(27)21(3,4)20(28)25-15-9-12-17(22)18(23)13-15/h7-13H,5-6H2,1-4H3,(H,24,27)(H,25,28). The van der Waals surface area contributed by atoms with Gasteiger partial charge in [0, 0.05) is 36.2 Å². The van der Waals surface area contributed by atoms with Gasteiger partial charge in [0.2, 0.25) is 11.8 Å². The van der Waals surface area contributed by atoms with E-state index in [1.54, 1.807) is 12.1 Å². The van der Waals surface area contributed by atoms with Crippen molar-refractivity contribution in [2.75, 3.05) is 28.6 Å². The lowest BCUT2D eigenvalue weighted by Gasteiger charge is -2.24. The van der Waals surface area contributed by atoms with Crippen LogP contribution in [0.1, 0.15) is 27.7 Å². The predicted molar refractivity (Wildman–Crippen MR) is 107 cm³/mol. The second kappa shape index (κ2) is 8.82. The predicted octanol–water partition coefficient (Wildman–Crippen LogP) is 4.41. The van der Waals surface area contributed by atoms with Crippen LogP contribution >= 0.6 is 0 Å². The van der Waals surface area contributed by atoms with Gasteiger partial charge in [-0.1, -0.05) is 0 Å². The van der Waals surface area contributed by atoms with E-state index in [-0.39, 0.29) is 5.69 Å². The van der Waals surface area contributed by atoms with E-state index in [1.807, 2.05) is 12.1 Å². The van der Waals surface area contributed by atoms with Crippen LogP contribution in [0.15, 0.2) is 42.5 Å². The Kier molecular flexibility index (Phi) is 6.72. The molecule has 0 aliphatic rings. The summed E-state index contributed by atoms with van der Waals surface area (Å²) in [7, 11) is 0. The molecule has 0 aromatic heterocycles. The molecule has 0 radical (unpaired) electrons. The van der Waals surface area contributed by atoms with Gasteiger partial charge < -0.3 is 15.5 Å². The highest BCUT2D eigenvalue weighted by molar-refractivity contribution is 6.14. The van der Waals surface area contributed by atoms with Crippen molar-refractivity contribution in [3.8, 4) is 0 Å². The number of carbonyl (C=O) groups excluding carboxylic acids is 2. The van der Waals surface area contributed by atoms with Gasteiger partial charge in [-0.3, -0.25) is 9.59 Å². The zero-order valence-corrected chi connectivity index (χ0v) is 16.5. The second-order valence-corrected chi connectivity index (χ2v) is 6.88. The number of benzene rings is 2. The molecule has 2 amide bonds. The number of rotatable bonds is 7. The smallest absolute Gasteiger partial charge is 0.239 e. The Morgan fingerprint density at radius 1 is 0.857 bits per heavy atom. The molecule has 0 bridgehead atoms. The lowest BCUT2D eigenvalue weighted by atomic mass is 9.90. The number of hydrogen-bond acceptors (Lipinski definition) is 3. The van der Waals surface area contributed by atoms with Gasteiger partial charge in [-0.15, -0.1) is 0 Å². The average Bonchev–Trinajstić information content (AvgIpc) is 2.67. The van der Waals surface area contributed by atoms with E-state index >= 15 is 0 Å². The zero-order chi connectivity index (χ0) is 20.9. The largest absolute Gasteiger partial charge is 0.372 e. The fourth-order valence-electron chi connectivity index (χ4n) is 2.60. The maximum absolute atomic E-state index is 13.3. The lowest BCUT2D eigenvalue weighted by Crippen LogP contribution is -2.41. The van der Waals surface area contributed by atoms with Crippen molar-refractivity contribution in [1.29, 1.82) is 0 Å². The quantitative estimate of drug-likeness (QED) is 0.690. The molecule has 0 aliphatic carbocycles. The third kappa shape index (κ3) is 4.85. The van der Waals surface area contributed by atoms with E-state index in [1.165, 1.54) is 19.9 Å². The van der Waals surface area contributed by atoms with Crippen LogP contribution in [0.3, 0.4) is 0 Å². The van der Waals surface area contributed by atoms with Gasteiger partial charge in [-0.2, -0.15) is 0 Å². The number of nitrogens with zero attached hydrogens (tertiary/aromatic N) is 1. The van der Waals surface area contributed by atoms with Crippen molar-refractivity contribution >= 4 is 28.9 Å². The average molecular weight is 389 g/mol. The van der Waals surface area contributed by atoms with Gasteiger partial charge in [0.15, 0.2) is 11.6 Å². The van der Waals surface area contributed by atoms with Crippen molar-refractivity contribution in [2.45, 2.75) is 27.7 Å². The minimum absolute atomic E-state index is 0.0772. The second-order valence-electron chi connectivity index (χ2n) is 6.88. The van der Waals surface area contributed by atoms with Gasteiger partial charge in [-0.25, -0.2) is 8.78 Å². The molecule has 0 heterocycles.